The maximum Gasteiger partial charge on any atom is 0.341 e. The normalized spacial score (nSPS) is 9.29. The van der Waals surface area contributed by atoms with Gasteiger partial charge in [0.15, 0.2) is 0 Å². The van der Waals surface area contributed by atoms with Crippen LogP contribution in [0.5, 0.6) is 0 Å². The van der Waals surface area contributed by atoms with Crippen molar-refractivity contribution in [1.29, 1.82) is 0 Å². The highest BCUT2D eigenvalue weighted by Crippen LogP contribution is 2.30. The Morgan fingerprint density at radius 2 is 2.43 bits per heavy atom. The number of isocyanates is 1. The standard InChI is InChI=1S/C9H9NO3S/c1-3-13-9(12)7-6(2)4-14-8(7)10-5-11/h4H,3H2,1-2H3. The number of hydrogen-bond acceptors (Lipinski definition) is 5. The van der Waals surface area contributed by atoms with Gasteiger partial charge < -0.3 is 4.74 Å². The smallest absolute Gasteiger partial charge is 0.341 e. The minimum Gasteiger partial charge on any atom is -0.462 e. The van der Waals surface area contributed by atoms with Gasteiger partial charge in [-0.05, 0) is 24.8 Å². The van der Waals surface area contributed by atoms with Crippen LogP contribution in [0.15, 0.2) is 10.4 Å². The summed E-state index contributed by atoms with van der Waals surface area (Å²) in [5.41, 5.74) is 1.13. The molecule has 1 aromatic heterocycles. The second-order valence-corrected chi connectivity index (χ2v) is 3.38. The summed E-state index contributed by atoms with van der Waals surface area (Å²) < 4.78 is 4.83. The molecule has 74 valence electrons. The zero-order valence-corrected chi connectivity index (χ0v) is 8.68. The predicted molar refractivity (Wildman–Crippen MR) is 52.8 cm³/mol. The van der Waals surface area contributed by atoms with Crippen LogP contribution in [-0.4, -0.2) is 18.7 Å². The van der Waals surface area contributed by atoms with Gasteiger partial charge in [0.25, 0.3) is 0 Å². The number of aliphatic imine (C=N–C) groups is 1. The largest absolute Gasteiger partial charge is 0.462 e. The molecule has 0 saturated carbocycles. The van der Waals surface area contributed by atoms with Crippen LogP contribution in [0.4, 0.5) is 5.00 Å². The molecule has 0 saturated heterocycles. The summed E-state index contributed by atoms with van der Waals surface area (Å²) >= 11 is 1.22. The highest BCUT2D eigenvalue weighted by atomic mass is 32.1. The molecular formula is C9H9NO3S. The zero-order chi connectivity index (χ0) is 10.6. The van der Waals surface area contributed by atoms with Gasteiger partial charge >= 0.3 is 5.97 Å². The summed E-state index contributed by atoms with van der Waals surface area (Å²) in [4.78, 5) is 24.9. The van der Waals surface area contributed by atoms with E-state index in [1.807, 2.05) is 0 Å². The molecule has 0 aromatic carbocycles. The van der Waals surface area contributed by atoms with Crippen LogP contribution in [-0.2, 0) is 9.53 Å². The van der Waals surface area contributed by atoms with Gasteiger partial charge in [-0.2, -0.15) is 4.99 Å². The molecule has 0 amide bonds. The number of carbonyl (C=O) groups excluding carboxylic acids is 2. The van der Waals surface area contributed by atoms with E-state index in [1.54, 1.807) is 19.2 Å². The van der Waals surface area contributed by atoms with Crippen molar-refractivity contribution in [3.8, 4) is 0 Å². The molecule has 14 heavy (non-hydrogen) atoms. The van der Waals surface area contributed by atoms with Crippen molar-refractivity contribution in [1.82, 2.24) is 0 Å². The van der Waals surface area contributed by atoms with Gasteiger partial charge in [-0.25, -0.2) is 9.59 Å². The van der Waals surface area contributed by atoms with E-state index in [0.717, 1.165) is 5.56 Å². The van der Waals surface area contributed by atoms with Gasteiger partial charge in [0.1, 0.15) is 10.6 Å². The van der Waals surface area contributed by atoms with Crippen molar-refractivity contribution in [2.45, 2.75) is 13.8 Å². The molecule has 0 aliphatic carbocycles. The third-order valence-electron chi connectivity index (χ3n) is 1.58. The molecule has 0 N–H and O–H groups in total. The second-order valence-electron chi connectivity index (χ2n) is 2.52. The van der Waals surface area contributed by atoms with E-state index in [1.165, 1.54) is 17.4 Å². The van der Waals surface area contributed by atoms with Crippen molar-refractivity contribution < 1.29 is 14.3 Å². The lowest BCUT2D eigenvalue weighted by Gasteiger charge is -2.00. The average Bonchev–Trinajstić information content (AvgIpc) is 2.48. The Kier molecular flexibility index (Phi) is 3.56. The van der Waals surface area contributed by atoms with Crippen LogP contribution in [0.2, 0.25) is 0 Å². The number of thiophene rings is 1. The number of rotatable bonds is 3. The fraction of sp³-hybridized carbons (Fsp3) is 0.333. The number of carbonyl (C=O) groups is 1. The Bertz CT molecular complexity index is 391. The quantitative estimate of drug-likeness (QED) is 0.437. The summed E-state index contributed by atoms with van der Waals surface area (Å²) in [6.07, 6.45) is 1.41. The van der Waals surface area contributed by atoms with Gasteiger partial charge in [-0.1, -0.05) is 0 Å². The number of esters is 1. The molecule has 0 radical (unpaired) electrons. The SMILES string of the molecule is CCOC(=O)c1c(C)csc1N=C=O. The average molecular weight is 211 g/mol. The summed E-state index contributed by atoms with van der Waals surface area (Å²) in [6, 6.07) is 0. The van der Waals surface area contributed by atoms with Crippen LogP contribution in [0, 0.1) is 6.92 Å². The van der Waals surface area contributed by atoms with Crippen molar-refractivity contribution >= 4 is 28.4 Å². The molecule has 1 rings (SSSR count). The third kappa shape index (κ3) is 2.07. The van der Waals surface area contributed by atoms with E-state index in [2.05, 4.69) is 4.99 Å². The molecule has 4 nitrogen and oxygen atoms in total. The summed E-state index contributed by atoms with van der Waals surface area (Å²) in [5.74, 6) is -0.444. The third-order valence-corrected chi connectivity index (χ3v) is 2.57. The highest BCUT2D eigenvalue weighted by Gasteiger charge is 2.17. The van der Waals surface area contributed by atoms with Crippen LogP contribution in [0.1, 0.15) is 22.8 Å². The zero-order valence-electron chi connectivity index (χ0n) is 7.86. The van der Waals surface area contributed by atoms with Crippen molar-refractivity contribution in [3.05, 3.63) is 16.5 Å². The molecular weight excluding hydrogens is 202 g/mol. The molecule has 0 aliphatic rings. The Labute approximate surface area is 85.2 Å². The number of hydrogen-bond donors (Lipinski definition) is 0. The molecule has 0 unspecified atom stereocenters. The predicted octanol–water partition coefficient (Wildman–Crippen LogP) is 2.20. The Morgan fingerprint density at radius 1 is 1.71 bits per heavy atom. The van der Waals surface area contributed by atoms with E-state index >= 15 is 0 Å². The van der Waals surface area contributed by atoms with Gasteiger partial charge in [-0.15, -0.1) is 11.3 Å². The molecule has 5 heteroatoms. The second kappa shape index (κ2) is 4.69. The first kappa shape index (κ1) is 10.6. The Morgan fingerprint density at radius 3 is 3.00 bits per heavy atom. The van der Waals surface area contributed by atoms with Gasteiger partial charge in [0.2, 0.25) is 6.08 Å². The van der Waals surface area contributed by atoms with Crippen LogP contribution in [0.25, 0.3) is 0 Å². The lowest BCUT2D eigenvalue weighted by molar-refractivity contribution is 0.0527. The van der Waals surface area contributed by atoms with E-state index < -0.39 is 5.97 Å². The number of aryl methyl sites for hydroxylation is 1. The van der Waals surface area contributed by atoms with Crippen LogP contribution in [0.3, 0.4) is 0 Å². The molecule has 0 spiro atoms. The summed E-state index contributed by atoms with van der Waals surface area (Å²) in [5, 5.41) is 2.11. The fourth-order valence-electron chi connectivity index (χ4n) is 1.01. The molecule has 1 heterocycles. The van der Waals surface area contributed by atoms with E-state index in [-0.39, 0.29) is 0 Å². The minimum absolute atomic E-state index is 0.304. The molecule has 0 bridgehead atoms. The first-order valence-corrected chi connectivity index (χ1v) is 4.91. The molecule has 0 atom stereocenters. The molecule has 1 aromatic rings. The van der Waals surface area contributed by atoms with Crippen LogP contribution < -0.4 is 0 Å². The number of nitrogens with zero attached hydrogens (tertiary/aromatic N) is 1. The van der Waals surface area contributed by atoms with E-state index in [0.29, 0.717) is 17.2 Å². The first-order chi connectivity index (χ1) is 6.70. The first-order valence-electron chi connectivity index (χ1n) is 4.03. The molecule has 0 aliphatic heterocycles. The lowest BCUT2D eigenvalue weighted by atomic mass is 10.2. The summed E-state index contributed by atoms with van der Waals surface area (Å²) in [6.45, 7) is 3.80. The summed E-state index contributed by atoms with van der Waals surface area (Å²) in [7, 11) is 0. The lowest BCUT2D eigenvalue weighted by Crippen LogP contribution is -2.04. The fourth-order valence-corrected chi connectivity index (χ4v) is 1.86. The topological polar surface area (TPSA) is 55.7 Å². The monoisotopic (exact) mass is 211 g/mol. The highest BCUT2D eigenvalue weighted by molar-refractivity contribution is 7.14. The van der Waals surface area contributed by atoms with Crippen molar-refractivity contribution in [2.24, 2.45) is 4.99 Å². The number of ether oxygens (including phenoxy) is 1. The Balaban J connectivity index is 3.10. The molecule has 0 fully saturated rings. The maximum absolute atomic E-state index is 11.4. The minimum atomic E-state index is -0.444. The van der Waals surface area contributed by atoms with Gasteiger partial charge in [0, 0.05) is 0 Å². The van der Waals surface area contributed by atoms with Crippen LogP contribution >= 0.6 is 11.3 Å². The van der Waals surface area contributed by atoms with E-state index in [4.69, 9.17) is 4.74 Å². The van der Waals surface area contributed by atoms with Gasteiger partial charge in [-0.3, -0.25) is 0 Å². The maximum atomic E-state index is 11.4. The van der Waals surface area contributed by atoms with E-state index in [9.17, 15) is 9.59 Å². The van der Waals surface area contributed by atoms with Gasteiger partial charge in [0.05, 0.1) is 6.61 Å². The van der Waals surface area contributed by atoms with Crippen molar-refractivity contribution in [2.75, 3.05) is 6.61 Å². The Hall–Kier alpha value is -1.45. The van der Waals surface area contributed by atoms with Crippen molar-refractivity contribution in [3.63, 3.8) is 0 Å².